The third-order valence-electron chi connectivity index (χ3n) is 4.29. The highest BCUT2D eigenvalue weighted by Gasteiger charge is 2.21. The summed E-state index contributed by atoms with van der Waals surface area (Å²) in [6.45, 7) is 1.86. The number of terminal acetylenes is 1. The average molecular weight is 334 g/mol. The maximum absolute atomic E-state index is 12.6. The molecule has 0 radical (unpaired) electrons. The molecule has 1 aliphatic heterocycles. The summed E-state index contributed by atoms with van der Waals surface area (Å²) in [4.78, 5) is 14.5. The van der Waals surface area contributed by atoms with Gasteiger partial charge in [-0.2, -0.15) is 0 Å². The van der Waals surface area contributed by atoms with Gasteiger partial charge >= 0.3 is 0 Å². The number of para-hydroxylation sites is 2. The molecule has 0 aromatic heterocycles. The summed E-state index contributed by atoms with van der Waals surface area (Å²) < 4.78 is 5.54. The lowest BCUT2D eigenvalue weighted by Crippen LogP contribution is -2.41. The van der Waals surface area contributed by atoms with E-state index in [9.17, 15) is 4.79 Å². The molecule has 4 heteroatoms. The van der Waals surface area contributed by atoms with Gasteiger partial charge in [-0.25, -0.2) is 0 Å². The number of hydrogen-bond acceptors (Lipinski definition) is 3. The molecule has 4 nitrogen and oxygen atoms in total. The number of nitrogens with zero attached hydrogens (tertiary/aromatic N) is 1. The molecule has 2 aromatic rings. The van der Waals surface area contributed by atoms with E-state index in [1.165, 1.54) is 5.56 Å². The molecule has 0 saturated carbocycles. The molecule has 0 fully saturated rings. The van der Waals surface area contributed by atoms with Crippen LogP contribution in [-0.2, 0) is 17.8 Å². The predicted molar refractivity (Wildman–Crippen MR) is 99.6 cm³/mol. The van der Waals surface area contributed by atoms with Crippen LogP contribution in [0.2, 0.25) is 0 Å². The Bertz CT molecular complexity index is 779. The predicted octanol–water partition coefficient (Wildman–Crippen LogP) is 2.77. The lowest BCUT2D eigenvalue weighted by atomic mass is 10.0. The fourth-order valence-corrected chi connectivity index (χ4v) is 3.10. The highest BCUT2D eigenvalue weighted by molar-refractivity contribution is 5.95. The van der Waals surface area contributed by atoms with Gasteiger partial charge in [0.15, 0.2) is 0 Å². The molecule has 1 N–H and O–H groups in total. The third-order valence-corrected chi connectivity index (χ3v) is 4.29. The van der Waals surface area contributed by atoms with Crippen LogP contribution in [0.25, 0.3) is 0 Å². The lowest BCUT2D eigenvalue weighted by molar-refractivity contribution is -0.117. The van der Waals surface area contributed by atoms with Gasteiger partial charge in [0.05, 0.1) is 6.54 Å². The van der Waals surface area contributed by atoms with Gasteiger partial charge in [0.2, 0.25) is 5.91 Å². The maximum Gasteiger partial charge on any atom is 0.240 e. The minimum atomic E-state index is 0.0918. The van der Waals surface area contributed by atoms with Crippen LogP contribution in [0.3, 0.4) is 0 Å². The molecule has 0 bridgehead atoms. The smallest absolute Gasteiger partial charge is 0.240 e. The topological polar surface area (TPSA) is 41.6 Å². The number of carbonyl (C=O) groups excluding carboxylic acids is 1. The van der Waals surface area contributed by atoms with E-state index in [0.717, 1.165) is 36.4 Å². The number of fused-ring (bicyclic) bond motifs is 1. The van der Waals surface area contributed by atoms with Crippen molar-refractivity contribution in [2.24, 2.45) is 0 Å². The Morgan fingerprint density at radius 1 is 1.20 bits per heavy atom. The first-order valence-electron chi connectivity index (χ1n) is 8.53. The van der Waals surface area contributed by atoms with Crippen molar-refractivity contribution >= 4 is 11.6 Å². The third kappa shape index (κ3) is 4.20. The van der Waals surface area contributed by atoms with E-state index in [1.54, 1.807) is 0 Å². The molecule has 128 valence electrons. The van der Waals surface area contributed by atoms with Gasteiger partial charge in [0.1, 0.15) is 12.4 Å². The molecule has 0 saturated heterocycles. The first-order chi connectivity index (χ1) is 12.3. The first-order valence-corrected chi connectivity index (χ1v) is 8.53. The van der Waals surface area contributed by atoms with Gasteiger partial charge in [-0.3, -0.25) is 4.79 Å². The van der Waals surface area contributed by atoms with Crippen molar-refractivity contribution in [3.63, 3.8) is 0 Å². The number of ether oxygens (including phenoxy) is 1. The van der Waals surface area contributed by atoms with Crippen LogP contribution in [0.4, 0.5) is 5.69 Å². The number of benzene rings is 2. The van der Waals surface area contributed by atoms with Crippen molar-refractivity contribution in [1.82, 2.24) is 5.32 Å². The molecule has 25 heavy (non-hydrogen) atoms. The average Bonchev–Trinajstić information content (AvgIpc) is 2.66. The van der Waals surface area contributed by atoms with Gasteiger partial charge in [-0.15, -0.1) is 6.42 Å². The summed E-state index contributed by atoms with van der Waals surface area (Å²) in [6.07, 6.45) is 7.29. The molecule has 2 aromatic carbocycles. The zero-order valence-corrected chi connectivity index (χ0v) is 14.2. The molecule has 0 aliphatic carbocycles. The zero-order chi connectivity index (χ0) is 17.5. The van der Waals surface area contributed by atoms with Crippen LogP contribution < -0.4 is 15.0 Å². The standard InChI is InChI=1S/C21H22N2O2/c1-2-14-25-20-12-6-4-9-18(20)15-22-16-21(24)23-13-7-10-17-8-3-5-11-19(17)23/h1,3-6,8-9,11-12,22H,7,10,13-16H2. The van der Waals surface area contributed by atoms with Crippen LogP contribution in [0, 0.1) is 12.3 Å². The van der Waals surface area contributed by atoms with Crippen LogP contribution in [0.5, 0.6) is 5.75 Å². The molecule has 0 spiro atoms. The fraction of sp³-hybridized carbons (Fsp3) is 0.286. The molecule has 3 rings (SSSR count). The minimum absolute atomic E-state index is 0.0918. The molecule has 1 amide bonds. The summed E-state index contributed by atoms with van der Waals surface area (Å²) in [7, 11) is 0. The largest absolute Gasteiger partial charge is 0.481 e. The van der Waals surface area contributed by atoms with Crippen LogP contribution >= 0.6 is 0 Å². The van der Waals surface area contributed by atoms with E-state index < -0.39 is 0 Å². The van der Waals surface area contributed by atoms with Crippen LogP contribution in [0.1, 0.15) is 17.5 Å². The molecule has 1 heterocycles. The normalized spacial score (nSPS) is 13.0. The van der Waals surface area contributed by atoms with Crippen molar-refractivity contribution < 1.29 is 9.53 Å². The zero-order valence-electron chi connectivity index (χ0n) is 14.2. The molecular weight excluding hydrogens is 312 g/mol. The minimum Gasteiger partial charge on any atom is -0.481 e. The van der Waals surface area contributed by atoms with Crippen molar-refractivity contribution in [2.75, 3.05) is 24.6 Å². The highest BCUT2D eigenvalue weighted by Crippen LogP contribution is 2.26. The number of nitrogens with one attached hydrogen (secondary N) is 1. The Kier molecular flexibility index (Phi) is 5.71. The summed E-state index contributed by atoms with van der Waals surface area (Å²) in [5.41, 5.74) is 3.28. The van der Waals surface area contributed by atoms with Crippen molar-refractivity contribution in [2.45, 2.75) is 19.4 Å². The second-order valence-electron chi connectivity index (χ2n) is 5.98. The Morgan fingerprint density at radius 2 is 2.00 bits per heavy atom. The Hall–Kier alpha value is -2.77. The van der Waals surface area contributed by atoms with Crippen molar-refractivity contribution in [3.05, 3.63) is 59.7 Å². The van der Waals surface area contributed by atoms with E-state index in [4.69, 9.17) is 11.2 Å². The Morgan fingerprint density at radius 3 is 2.88 bits per heavy atom. The highest BCUT2D eigenvalue weighted by atomic mass is 16.5. The fourth-order valence-electron chi connectivity index (χ4n) is 3.10. The van der Waals surface area contributed by atoms with E-state index in [1.807, 2.05) is 47.4 Å². The second kappa shape index (κ2) is 8.36. The monoisotopic (exact) mass is 334 g/mol. The molecule has 0 unspecified atom stereocenters. The molecular formula is C21H22N2O2. The first kappa shape index (κ1) is 17.1. The number of aryl methyl sites for hydroxylation is 1. The Balaban J connectivity index is 1.58. The van der Waals surface area contributed by atoms with Gasteiger partial charge in [0, 0.05) is 24.3 Å². The van der Waals surface area contributed by atoms with Crippen LogP contribution in [0.15, 0.2) is 48.5 Å². The summed E-state index contributed by atoms with van der Waals surface area (Å²) in [5, 5.41) is 3.22. The number of anilines is 1. The van der Waals surface area contributed by atoms with E-state index in [-0.39, 0.29) is 19.1 Å². The SMILES string of the molecule is C#CCOc1ccccc1CNCC(=O)N1CCCc2ccccc21. The lowest BCUT2D eigenvalue weighted by Gasteiger charge is -2.29. The van der Waals surface area contributed by atoms with Gasteiger partial charge in [0.25, 0.3) is 0 Å². The summed E-state index contributed by atoms with van der Waals surface area (Å²) in [5.74, 6) is 3.31. The molecule has 1 aliphatic rings. The maximum atomic E-state index is 12.6. The number of rotatable bonds is 6. The van der Waals surface area contributed by atoms with Gasteiger partial charge in [-0.05, 0) is 30.5 Å². The number of amides is 1. The van der Waals surface area contributed by atoms with E-state index >= 15 is 0 Å². The van der Waals surface area contributed by atoms with E-state index in [0.29, 0.717) is 6.54 Å². The number of carbonyl (C=O) groups is 1. The Labute approximate surface area is 148 Å². The van der Waals surface area contributed by atoms with Crippen molar-refractivity contribution in [1.29, 1.82) is 0 Å². The summed E-state index contributed by atoms with van der Waals surface area (Å²) >= 11 is 0. The molecule has 0 atom stereocenters. The van der Waals surface area contributed by atoms with Crippen LogP contribution in [-0.4, -0.2) is 25.6 Å². The quantitative estimate of drug-likeness (QED) is 0.826. The summed E-state index contributed by atoms with van der Waals surface area (Å²) in [6, 6.07) is 15.8. The van der Waals surface area contributed by atoms with Crippen molar-refractivity contribution in [3.8, 4) is 18.1 Å². The van der Waals surface area contributed by atoms with E-state index in [2.05, 4.69) is 17.3 Å². The second-order valence-corrected chi connectivity index (χ2v) is 5.98. The van der Waals surface area contributed by atoms with Gasteiger partial charge in [-0.1, -0.05) is 42.3 Å². The number of hydrogen-bond donors (Lipinski definition) is 1. The van der Waals surface area contributed by atoms with Gasteiger partial charge < -0.3 is 15.0 Å².